The van der Waals surface area contributed by atoms with Crippen molar-refractivity contribution in [2.24, 2.45) is 29.6 Å². The van der Waals surface area contributed by atoms with Gasteiger partial charge in [0.05, 0.1) is 0 Å². The van der Waals surface area contributed by atoms with E-state index in [0.717, 1.165) is 42.4 Å². The molecule has 5 rings (SSSR count). The van der Waals surface area contributed by atoms with Crippen LogP contribution < -0.4 is 5.73 Å². The molecule has 3 fully saturated rings. The molecular weight excluding hydrogens is 248 g/mol. The zero-order chi connectivity index (χ0) is 13.4. The van der Waals surface area contributed by atoms with Gasteiger partial charge in [0.1, 0.15) is 0 Å². The summed E-state index contributed by atoms with van der Waals surface area (Å²) in [6.07, 6.45) is 4.18. The SMILES string of the molecule is Nc1ccc2c(c1)CN(C(=O)C1C3C4CCC(C4)C13)C2. The van der Waals surface area contributed by atoms with E-state index in [1.807, 2.05) is 12.1 Å². The standard InChI is InChI=1S/C17H20N2O/c18-13-4-3-11-7-19(8-12(11)6-13)17(20)16-14-9-1-2-10(5-9)15(14)16/h3-4,6,9-10,14-16H,1-2,5,7-8,18H2. The third kappa shape index (κ3) is 1.33. The third-order valence-electron chi connectivity index (χ3n) is 6.28. The first-order chi connectivity index (χ1) is 9.72. The van der Waals surface area contributed by atoms with Crippen LogP contribution in [0.4, 0.5) is 5.69 Å². The highest BCUT2D eigenvalue weighted by Crippen LogP contribution is 2.69. The summed E-state index contributed by atoms with van der Waals surface area (Å²) < 4.78 is 0. The number of anilines is 1. The Labute approximate surface area is 119 Å². The molecule has 1 amide bonds. The zero-order valence-electron chi connectivity index (χ0n) is 11.6. The summed E-state index contributed by atoms with van der Waals surface area (Å²) in [5.74, 6) is 4.03. The number of rotatable bonds is 1. The van der Waals surface area contributed by atoms with Crippen molar-refractivity contribution in [3.8, 4) is 0 Å². The van der Waals surface area contributed by atoms with Gasteiger partial charge in [-0.1, -0.05) is 6.07 Å². The van der Waals surface area contributed by atoms with Crippen LogP contribution in [0.2, 0.25) is 0 Å². The van der Waals surface area contributed by atoms with Crippen molar-refractivity contribution in [3.63, 3.8) is 0 Å². The normalized spacial score (nSPS) is 39.8. The lowest BCUT2D eigenvalue weighted by atomic mass is 10.0. The van der Waals surface area contributed by atoms with E-state index < -0.39 is 0 Å². The predicted molar refractivity (Wildman–Crippen MR) is 76.4 cm³/mol. The Balaban J connectivity index is 1.35. The van der Waals surface area contributed by atoms with Gasteiger partial charge in [0.2, 0.25) is 5.91 Å². The lowest BCUT2D eigenvalue weighted by Crippen LogP contribution is -2.29. The third-order valence-corrected chi connectivity index (χ3v) is 6.28. The van der Waals surface area contributed by atoms with E-state index in [9.17, 15) is 4.79 Å². The van der Waals surface area contributed by atoms with Crippen LogP contribution >= 0.6 is 0 Å². The van der Waals surface area contributed by atoms with E-state index in [1.54, 1.807) is 0 Å². The number of fused-ring (bicyclic) bond motifs is 6. The molecule has 0 saturated heterocycles. The lowest BCUT2D eigenvalue weighted by Gasteiger charge is -2.17. The molecule has 1 aromatic carbocycles. The molecule has 0 aromatic heterocycles. The first-order valence-corrected chi connectivity index (χ1v) is 7.88. The second kappa shape index (κ2) is 3.57. The number of nitrogens with zero attached hydrogens (tertiary/aromatic N) is 1. The number of carbonyl (C=O) groups excluding carboxylic acids is 1. The monoisotopic (exact) mass is 268 g/mol. The first kappa shape index (κ1) is 11.2. The quantitative estimate of drug-likeness (QED) is 0.795. The van der Waals surface area contributed by atoms with Crippen LogP contribution in [0.1, 0.15) is 30.4 Å². The molecule has 3 heteroatoms. The maximum absolute atomic E-state index is 12.8. The molecule has 3 saturated carbocycles. The summed E-state index contributed by atoms with van der Waals surface area (Å²) in [5, 5.41) is 0. The van der Waals surface area contributed by atoms with Gasteiger partial charge in [-0.25, -0.2) is 0 Å². The number of nitrogen functional groups attached to an aromatic ring is 1. The number of hydrogen-bond acceptors (Lipinski definition) is 2. The van der Waals surface area contributed by atoms with Gasteiger partial charge >= 0.3 is 0 Å². The molecule has 1 aliphatic heterocycles. The van der Waals surface area contributed by atoms with Crippen LogP contribution in [0.15, 0.2) is 18.2 Å². The average molecular weight is 268 g/mol. The molecule has 3 nitrogen and oxygen atoms in total. The van der Waals surface area contributed by atoms with E-state index >= 15 is 0 Å². The summed E-state index contributed by atoms with van der Waals surface area (Å²) in [5.41, 5.74) is 9.17. The minimum absolute atomic E-state index is 0.368. The largest absolute Gasteiger partial charge is 0.399 e. The Morgan fingerprint density at radius 1 is 1.10 bits per heavy atom. The van der Waals surface area contributed by atoms with Crippen molar-refractivity contribution in [2.75, 3.05) is 5.73 Å². The second-order valence-corrected chi connectivity index (χ2v) is 7.24. The van der Waals surface area contributed by atoms with Crippen molar-refractivity contribution >= 4 is 11.6 Å². The Bertz CT molecular complexity index is 595. The first-order valence-electron chi connectivity index (χ1n) is 7.88. The van der Waals surface area contributed by atoms with E-state index in [1.165, 1.54) is 30.4 Å². The minimum atomic E-state index is 0.368. The van der Waals surface area contributed by atoms with Crippen molar-refractivity contribution in [1.29, 1.82) is 0 Å². The lowest BCUT2D eigenvalue weighted by molar-refractivity contribution is -0.134. The van der Waals surface area contributed by atoms with Gasteiger partial charge in [-0.2, -0.15) is 0 Å². The molecule has 0 radical (unpaired) electrons. The summed E-state index contributed by atoms with van der Waals surface area (Å²) in [4.78, 5) is 14.9. The molecule has 0 spiro atoms. The number of carbonyl (C=O) groups is 1. The van der Waals surface area contributed by atoms with Crippen LogP contribution in [0, 0.1) is 29.6 Å². The van der Waals surface area contributed by atoms with Crippen LogP contribution in [-0.2, 0) is 17.9 Å². The number of nitrogens with two attached hydrogens (primary N) is 1. The van der Waals surface area contributed by atoms with Gasteiger partial charge in [0.25, 0.3) is 0 Å². The van der Waals surface area contributed by atoms with Gasteiger partial charge in [-0.15, -0.1) is 0 Å². The summed E-state index contributed by atoms with van der Waals surface area (Å²) in [7, 11) is 0. The van der Waals surface area contributed by atoms with Crippen LogP contribution in [0.3, 0.4) is 0 Å². The Morgan fingerprint density at radius 2 is 1.80 bits per heavy atom. The highest BCUT2D eigenvalue weighted by atomic mass is 16.2. The Hall–Kier alpha value is -1.51. The summed E-state index contributed by atoms with van der Waals surface area (Å²) in [6, 6.07) is 6.05. The summed E-state index contributed by atoms with van der Waals surface area (Å²) >= 11 is 0. The zero-order valence-corrected chi connectivity index (χ0v) is 11.6. The van der Waals surface area contributed by atoms with Gasteiger partial charge in [0.15, 0.2) is 0 Å². The van der Waals surface area contributed by atoms with Gasteiger partial charge in [0, 0.05) is 24.7 Å². The maximum atomic E-state index is 12.8. The van der Waals surface area contributed by atoms with Crippen LogP contribution in [0.25, 0.3) is 0 Å². The molecule has 2 N–H and O–H groups in total. The molecule has 4 atom stereocenters. The minimum Gasteiger partial charge on any atom is -0.399 e. The Morgan fingerprint density at radius 3 is 2.55 bits per heavy atom. The number of hydrogen-bond donors (Lipinski definition) is 1. The number of benzene rings is 1. The van der Waals surface area contributed by atoms with Crippen molar-refractivity contribution < 1.29 is 4.79 Å². The molecule has 4 aliphatic rings. The average Bonchev–Trinajstić information content (AvgIpc) is 2.81. The van der Waals surface area contributed by atoms with E-state index in [0.29, 0.717) is 11.8 Å². The highest BCUT2D eigenvalue weighted by Gasteiger charge is 2.68. The predicted octanol–water partition coefficient (Wildman–Crippen LogP) is 2.40. The Kier molecular flexibility index (Phi) is 2.00. The molecule has 4 unspecified atom stereocenters. The molecular formula is C17H20N2O. The van der Waals surface area contributed by atoms with Crippen molar-refractivity contribution in [1.82, 2.24) is 4.90 Å². The molecule has 1 heterocycles. The molecule has 3 aliphatic carbocycles. The fraction of sp³-hybridized carbons (Fsp3) is 0.588. The topological polar surface area (TPSA) is 46.3 Å². The van der Waals surface area contributed by atoms with Gasteiger partial charge < -0.3 is 10.6 Å². The fourth-order valence-electron chi connectivity index (χ4n) is 5.44. The molecule has 20 heavy (non-hydrogen) atoms. The maximum Gasteiger partial charge on any atom is 0.226 e. The number of amides is 1. The van der Waals surface area contributed by atoms with Crippen molar-refractivity contribution in [2.45, 2.75) is 32.4 Å². The van der Waals surface area contributed by atoms with Gasteiger partial charge in [-0.3, -0.25) is 4.79 Å². The smallest absolute Gasteiger partial charge is 0.226 e. The summed E-state index contributed by atoms with van der Waals surface area (Å²) in [6.45, 7) is 1.56. The van der Waals surface area contributed by atoms with Crippen molar-refractivity contribution in [3.05, 3.63) is 29.3 Å². The fourth-order valence-corrected chi connectivity index (χ4v) is 5.44. The van der Waals surface area contributed by atoms with Crippen LogP contribution in [0.5, 0.6) is 0 Å². The van der Waals surface area contributed by atoms with Gasteiger partial charge in [-0.05, 0) is 66.2 Å². The highest BCUT2D eigenvalue weighted by molar-refractivity contribution is 5.83. The molecule has 1 aromatic rings. The molecule has 104 valence electrons. The van der Waals surface area contributed by atoms with E-state index in [4.69, 9.17) is 5.73 Å². The molecule has 2 bridgehead atoms. The van der Waals surface area contributed by atoms with E-state index in [2.05, 4.69) is 11.0 Å². The second-order valence-electron chi connectivity index (χ2n) is 7.24. The van der Waals surface area contributed by atoms with Crippen LogP contribution in [-0.4, -0.2) is 10.8 Å². The van der Waals surface area contributed by atoms with E-state index in [-0.39, 0.29) is 0 Å².